The van der Waals surface area contributed by atoms with Crippen molar-refractivity contribution in [3.8, 4) is 0 Å². The van der Waals surface area contributed by atoms with Crippen LogP contribution < -0.4 is 5.32 Å². The lowest BCUT2D eigenvalue weighted by molar-refractivity contribution is -0.124. The van der Waals surface area contributed by atoms with Gasteiger partial charge in [-0.05, 0) is 45.0 Å². The van der Waals surface area contributed by atoms with Crippen LogP contribution in [0.15, 0.2) is 29.2 Å². The molecule has 2 rings (SSSR count). The van der Waals surface area contributed by atoms with Crippen molar-refractivity contribution in [3.63, 3.8) is 0 Å². The molecule has 1 aromatic carbocycles. The molecule has 1 heterocycles. The van der Waals surface area contributed by atoms with E-state index in [1.807, 2.05) is 32.9 Å². The summed E-state index contributed by atoms with van der Waals surface area (Å²) in [6, 6.07) is 6.66. The third kappa shape index (κ3) is 7.20. The van der Waals surface area contributed by atoms with Gasteiger partial charge in [0.15, 0.2) is 0 Å². The Balaban J connectivity index is 1.62. The van der Waals surface area contributed by atoms with E-state index in [9.17, 15) is 9.18 Å². The number of halogens is 1. The Kier molecular flexibility index (Phi) is 7.07. The molecular weight excluding hydrogens is 325 g/mol. The smallest absolute Gasteiger partial charge is 0.234 e. The normalized spacial score (nSPS) is 17.0. The number of rotatable bonds is 6. The zero-order valence-corrected chi connectivity index (χ0v) is 15.7. The van der Waals surface area contributed by atoms with E-state index in [1.165, 1.54) is 12.1 Å². The highest BCUT2D eigenvalue weighted by Gasteiger charge is 2.20. The molecule has 1 saturated heterocycles. The average molecular weight is 354 g/mol. The standard InChI is InChI=1S/C18H28FN3OS/c1-18(2,3)20-17(23)14-22-10-8-21(9-11-22)12-13-24-16-6-4-15(19)5-7-16/h4-7H,8-14H2,1-3H3,(H,20,23). The third-order valence-electron chi connectivity index (χ3n) is 3.84. The van der Waals surface area contributed by atoms with Gasteiger partial charge >= 0.3 is 0 Å². The van der Waals surface area contributed by atoms with E-state index in [-0.39, 0.29) is 17.3 Å². The van der Waals surface area contributed by atoms with E-state index in [2.05, 4.69) is 15.1 Å². The molecule has 0 bridgehead atoms. The number of nitrogens with one attached hydrogen (secondary N) is 1. The van der Waals surface area contributed by atoms with Crippen LogP contribution in [0, 0.1) is 5.82 Å². The molecule has 0 aromatic heterocycles. The first-order valence-electron chi connectivity index (χ1n) is 8.46. The number of hydrogen-bond acceptors (Lipinski definition) is 4. The Labute approximate surface area is 148 Å². The van der Waals surface area contributed by atoms with Gasteiger partial charge in [-0.25, -0.2) is 4.39 Å². The molecule has 4 nitrogen and oxygen atoms in total. The van der Waals surface area contributed by atoms with Crippen molar-refractivity contribution in [1.82, 2.24) is 15.1 Å². The fraction of sp³-hybridized carbons (Fsp3) is 0.611. The van der Waals surface area contributed by atoms with Crippen LogP contribution in [-0.2, 0) is 4.79 Å². The highest BCUT2D eigenvalue weighted by Crippen LogP contribution is 2.18. The van der Waals surface area contributed by atoms with Crippen molar-refractivity contribution in [2.24, 2.45) is 0 Å². The van der Waals surface area contributed by atoms with Gasteiger partial charge < -0.3 is 5.32 Å². The van der Waals surface area contributed by atoms with Crippen LogP contribution in [0.3, 0.4) is 0 Å². The molecule has 0 aliphatic carbocycles. The summed E-state index contributed by atoms with van der Waals surface area (Å²) in [4.78, 5) is 17.7. The van der Waals surface area contributed by atoms with E-state index >= 15 is 0 Å². The SMILES string of the molecule is CC(C)(C)NC(=O)CN1CCN(CCSc2ccc(F)cc2)CC1. The number of thioether (sulfide) groups is 1. The first-order chi connectivity index (χ1) is 11.3. The second-order valence-corrected chi connectivity index (χ2v) is 8.39. The van der Waals surface area contributed by atoms with E-state index in [1.54, 1.807) is 11.8 Å². The first-order valence-corrected chi connectivity index (χ1v) is 9.44. The van der Waals surface area contributed by atoms with E-state index < -0.39 is 0 Å². The predicted octanol–water partition coefficient (Wildman–Crippen LogP) is 2.45. The molecular formula is C18H28FN3OS. The van der Waals surface area contributed by atoms with Gasteiger partial charge in [0.2, 0.25) is 5.91 Å². The topological polar surface area (TPSA) is 35.6 Å². The monoisotopic (exact) mass is 353 g/mol. The molecule has 0 saturated carbocycles. The molecule has 1 fully saturated rings. The van der Waals surface area contributed by atoms with Gasteiger partial charge in [0.05, 0.1) is 6.54 Å². The number of carbonyl (C=O) groups excluding carboxylic acids is 1. The summed E-state index contributed by atoms with van der Waals surface area (Å²) in [5.74, 6) is 0.907. The van der Waals surface area contributed by atoms with Gasteiger partial charge in [-0.15, -0.1) is 11.8 Å². The lowest BCUT2D eigenvalue weighted by atomic mass is 10.1. The molecule has 1 amide bonds. The Morgan fingerprint density at radius 1 is 1.12 bits per heavy atom. The summed E-state index contributed by atoms with van der Waals surface area (Å²) in [6.45, 7) is 11.3. The lowest BCUT2D eigenvalue weighted by Gasteiger charge is -2.34. The minimum atomic E-state index is -0.189. The minimum Gasteiger partial charge on any atom is -0.350 e. The Morgan fingerprint density at radius 2 is 1.71 bits per heavy atom. The van der Waals surface area contributed by atoms with Crippen LogP contribution in [0.1, 0.15) is 20.8 Å². The van der Waals surface area contributed by atoms with Crippen molar-refractivity contribution in [3.05, 3.63) is 30.1 Å². The van der Waals surface area contributed by atoms with Crippen molar-refractivity contribution < 1.29 is 9.18 Å². The molecule has 0 unspecified atom stereocenters. The number of hydrogen-bond donors (Lipinski definition) is 1. The quantitative estimate of drug-likeness (QED) is 0.797. The van der Waals surface area contributed by atoms with Gasteiger partial charge in [0.1, 0.15) is 5.82 Å². The second kappa shape index (κ2) is 8.83. The molecule has 24 heavy (non-hydrogen) atoms. The van der Waals surface area contributed by atoms with E-state index in [0.717, 1.165) is 43.4 Å². The molecule has 134 valence electrons. The largest absolute Gasteiger partial charge is 0.350 e. The van der Waals surface area contributed by atoms with Crippen molar-refractivity contribution in [1.29, 1.82) is 0 Å². The molecule has 1 aliphatic heterocycles. The van der Waals surface area contributed by atoms with E-state index in [4.69, 9.17) is 0 Å². The van der Waals surface area contributed by atoms with Gasteiger partial charge in [-0.3, -0.25) is 14.6 Å². The van der Waals surface area contributed by atoms with Crippen LogP contribution in [-0.4, -0.2) is 66.3 Å². The Hall–Kier alpha value is -1.11. The van der Waals surface area contributed by atoms with Crippen LogP contribution in [0.4, 0.5) is 4.39 Å². The first kappa shape index (κ1) is 19.2. The average Bonchev–Trinajstić information content (AvgIpc) is 2.49. The highest BCUT2D eigenvalue weighted by atomic mass is 32.2. The van der Waals surface area contributed by atoms with Crippen LogP contribution in [0.5, 0.6) is 0 Å². The molecule has 0 atom stereocenters. The number of benzene rings is 1. The molecule has 1 aromatic rings. The molecule has 0 spiro atoms. The van der Waals surface area contributed by atoms with Crippen molar-refractivity contribution in [2.75, 3.05) is 45.0 Å². The molecule has 6 heteroatoms. The minimum absolute atomic E-state index is 0.0998. The third-order valence-corrected chi connectivity index (χ3v) is 4.83. The van der Waals surface area contributed by atoms with Crippen molar-refractivity contribution >= 4 is 17.7 Å². The summed E-state index contributed by atoms with van der Waals surface area (Å²) in [5, 5.41) is 3.01. The number of carbonyl (C=O) groups is 1. The zero-order chi connectivity index (χ0) is 17.6. The van der Waals surface area contributed by atoms with Crippen LogP contribution in [0.2, 0.25) is 0 Å². The maximum Gasteiger partial charge on any atom is 0.234 e. The summed E-state index contributed by atoms with van der Waals surface area (Å²) in [6.07, 6.45) is 0. The highest BCUT2D eigenvalue weighted by molar-refractivity contribution is 7.99. The maximum absolute atomic E-state index is 12.9. The molecule has 0 radical (unpaired) electrons. The predicted molar refractivity (Wildman–Crippen MR) is 97.9 cm³/mol. The summed E-state index contributed by atoms with van der Waals surface area (Å²) in [7, 11) is 0. The maximum atomic E-state index is 12.9. The summed E-state index contributed by atoms with van der Waals surface area (Å²) < 4.78 is 12.9. The van der Waals surface area contributed by atoms with Crippen LogP contribution >= 0.6 is 11.8 Å². The van der Waals surface area contributed by atoms with Gasteiger partial charge in [0, 0.05) is 48.9 Å². The number of piperazine rings is 1. The fourth-order valence-corrected chi connectivity index (χ4v) is 3.57. The number of nitrogens with zero attached hydrogens (tertiary/aromatic N) is 2. The second-order valence-electron chi connectivity index (χ2n) is 7.22. The zero-order valence-electron chi connectivity index (χ0n) is 14.8. The van der Waals surface area contributed by atoms with Crippen LogP contribution in [0.25, 0.3) is 0 Å². The Morgan fingerprint density at radius 3 is 2.29 bits per heavy atom. The van der Waals surface area contributed by atoms with Gasteiger partial charge in [-0.2, -0.15) is 0 Å². The van der Waals surface area contributed by atoms with E-state index in [0.29, 0.717) is 6.54 Å². The van der Waals surface area contributed by atoms with Crippen molar-refractivity contribution in [2.45, 2.75) is 31.2 Å². The van der Waals surface area contributed by atoms with Gasteiger partial charge in [0.25, 0.3) is 0 Å². The van der Waals surface area contributed by atoms with Gasteiger partial charge in [-0.1, -0.05) is 0 Å². The lowest BCUT2D eigenvalue weighted by Crippen LogP contribution is -2.52. The molecule has 1 N–H and O–H groups in total. The molecule has 1 aliphatic rings. The Bertz CT molecular complexity index is 522. The summed E-state index contributed by atoms with van der Waals surface area (Å²) >= 11 is 1.75. The summed E-state index contributed by atoms with van der Waals surface area (Å²) in [5.41, 5.74) is -0.170. The fourth-order valence-electron chi connectivity index (χ4n) is 2.66. The number of amides is 1.